The zero-order chi connectivity index (χ0) is 17.4. The van der Waals surface area contributed by atoms with E-state index in [1.165, 1.54) is 6.07 Å². The molecule has 0 aromatic heterocycles. The molecule has 0 radical (unpaired) electrons. The van der Waals surface area contributed by atoms with Crippen molar-refractivity contribution in [3.8, 4) is 0 Å². The molecule has 128 valence electrons. The van der Waals surface area contributed by atoms with Crippen LogP contribution in [0, 0.1) is 11.7 Å². The quantitative estimate of drug-likeness (QED) is 0.717. The van der Waals surface area contributed by atoms with E-state index < -0.39 is 23.7 Å². The van der Waals surface area contributed by atoms with Crippen molar-refractivity contribution in [3.63, 3.8) is 0 Å². The highest BCUT2D eigenvalue weighted by Gasteiger charge is 2.17. The summed E-state index contributed by atoms with van der Waals surface area (Å²) < 4.78 is 18.5. The highest BCUT2D eigenvalue weighted by Crippen LogP contribution is 2.10. The van der Waals surface area contributed by atoms with Crippen LogP contribution in [0.1, 0.15) is 43.1 Å². The van der Waals surface area contributed by atoms with E-state index in [-0.39, 0.29) is 12.1 Å². The van der Waals surface area contributed by atoms with Crippen molar-refractivity contribution >= 4 is 11.9 Å². The third kappa shape index (κ3) is 6.78. The van der Waals surface area contributed by atoms with Crippen LogP contribution in [0.15, 0.2) is 18.2 Å². The number of rotatable bonds is 8. The van der Waals surface area contributed by atoms with Crippen LogP contribution in [0.25, 0.3) is 0 Å². The van der Waals surface area contributed by atoms with E-state index >= 15 is 0 Å². The number of nitrogens with two attached hydrogens (primary N) is 1. The molecule has 5 nitrogen and oxygen atoms in total. The summed E-state index contributed by atoms with van der Waals surface area (Å²) >= 11 is 0. The average molecular weight is 324 g/mol. The maximum absolute atomic E-state index is 13.4. The van der Waals surface area contributed by atoms with Crippen LogP contribution >= 0.6 is 0 Å². The number of carbonyl (C=O) groups is 2. The molecule has 1 amide bonds. The summed E-state index contributed by atoms with van der Waals surface area (Å²) in [5, 5.41) is 2.53. The molecule has 1 aromatic carbocycles. The van der Waals surface area contributed by atoms with E-state index in [0.717, 1.165) is 18.1 Å². The Morgan fingerprint density at radius 2 is 2.00 bits per heavy atom. The van der Waals surface area contributed by atoms with Crippen LogP contribution in [-0.2, 0) is 16.0 Å². The normalized spacial score (nSPS) is 12.1. The molecule has 0 heterocycles. The number of nitrogens with one attached hydrogen (secondary N) is 1. The van der Waals surface area contributed by atoms with Crippen molar-refractivity contribution in [2.75, 3.05) is 13.2 Å². The second-order valence-electron chi connectivity index (χ2n) is 5.87. The molecule has 1 aromatic rings. The first-order valence-electron chi connectivity index (χ1n) is 7.83. The van der Waals surface area contributed by atoms with Gasteiger partial charge in [0.1, 0.15) is 11.9 Å². The molecule has 6 heteroatoms. The number of ether oxygens (including phenoxy) is 1. The molecule has 0 saturated carbocycles. The predicted molar refractivity (Wildman–Crippen MR) is 86.5 cm³/mol. The third-order valence-corrected chi connectivity index (χ3v) is 3.35. The fourth-order valence-corrected chi connectivity index (χ4v) is 1.88. The Hall–Kier alpha value is -1.95. The Morgan fingerprint density at radius 3 is 2.61 bits per heavy atom. The van der Waals surface area contributed by atoms with Gasteiger partial charge in [0, 0.05) is 12.1 Å². The van der Waals surface area contributed by atoms with Gasteiger partial charge in [0.2, 0.25) is 0 Å². The van der Waals surface area contributed by atoms with E-state index in [1.54, 1.807) is 6.07 Å². The van der Waals surface area contributed by atoms with E-state index in [4.69, 9.17) is 10.5 Å². The smallest absolute Gasteiger partial charge is 0.324 e. The van der Waals surface area contributed by atoms with Gasteiger partial charge in [-0.3, -0.25) is 9.59 Å². The Labute approximate surface area is 136 Å². The lowest BCUT2D eigenvalue weighted by Gasteiger charge is -2.13. The molecule has 23 heavy (non-hydrogen) atoms. The number of carbonyl (C=O) groups excluding carboxylic acids is 2. The number of amides is 1. The zero-order valence-electron chi connectivity index (χ0n) is 13.9. The lowest BCUT2D eigenvalue weighted by Crippen LogP contribution is -2.43. The SMILES string of the molecule is CCc1cc(F)cc(C(=O)NC[C@@H](N)C(=O)OCCC(C)C)c1. The standard InChI is InChI=1S/C17H25FN2O3/c1-4-12-7-13(9-14(18)8-12)16(21)20-10-15(19)17(22)23-6-5-11(2)3/h7-9,11,15H,4-6,10,19H2,1-3H3,(H,20,21)/t15-/m1/s1. The molecule has 0 unspecified atom stereocenters. The molecule has 0 aliphatic heterocycles. The molecule has 1 atom stereocenters. The van der Waals surface area contributed by atoms with Crippen LogP contribution in [0.4, 0.5) is 4.39 Å². The minimum Gasteiger partial charge on any atom is -0.464 e. The Bertz CT molecular complexity index is 547. The monoisotopic (exact) mass is 324 g/mol. The summed E-state index contributed by atoms with van der Waals surface area (Å²) in [6.45, 7) is 6.17. The van der Waals surface area contributed by atoms with Crippen molar-refractivity contribution in [1.29, 1.82) is 0 Å². The summed E-state index contributed by atoms with van der Waals surface area (Å²) in [6.07, 6.45) is 1.38. The van der Waals surface area contributed by atoms with Crippen molar-refractivity contribution in [2.24, 2.45) is 11.7 Å². The molecule has 0 fully saturated rings. The molecular weight excluding hydrogens is 299 g/mol. The summed E-state index contributed by atoms with van der Waals surface area (Å²) in [5.74, 6) is -1.06. The van der Waals surface area contributed by atoms with E-state index in [9.17, 15) is 14.0 Å². The second-order valence-corrected chi connectivity index (χ2v) is 5.87. The third-order valence-electron chi connectivity index (χ3n) is 3.35. The fraction of sp³-hybridized carbons (Fsp3) is 0.529. The Balaban J connectivity index is 2.49. The summed E-state index contributed by atoms with van der Waals surface area (Å²) in [6, 6.07) is 3.21. The molecule has 1 rings (SSSR count). The van der Waals surface area contributed by atoms with Crippen LogP contribution in [-0.4, -0.2) is 31.1 Å². The average Bonchev–Trinajstić information content (AvgIpc) is 2.50. The van der Waals surface area contributed by atoms with Crippen molar-refractivity contribution in [1.82, 2.24) is 5.32 Å². The lowest BCUT2D eigenvalue weighted by atomic mass is 10.1. The molecule has 0 saturated heterocycles. The van der Waals surface area contributed by atoms with Crippen LogP contribution < -0.4 is 11.1 Å². The van der Waals surface area contributed by atoms with Crippen LogP contribution in [0.5, 0.6) is 0 Å². The maximum Gasteiger partial charge on any atom is 0.324 e. The van der Waals surface area contributed by atoms with Gasteiger partial charge >= 0.3 is 5.97 Å². The highest BCUT2D eigenvalue weighted by atomic mass is 19.1. The highest BCUT2D eigenvalue weighted by molar-refractivity contribution is 5.94. The van der Waals surface area contributed by atoms with Crippen molar-refractivity contribution in [3.05, 3.63) is 35.1 Å². The fourth-order valence-electron chi connectivity index (χ4n) is 1.88. The van der Waals surface area contributed by atoms with Gasteiger partial charge in [0.05, 0.1) is 6.61 Å². The van der Waals surface area contributed by atoms with Crippen LogP contribution in [0.2, 0.25) is 0 Å². The van der Waals surface area contributed by atoms with E-state index in [2.05, 4.69) is 5.32 Å². The number of aryl methyl sites for hydroxylation is 1. The van der Waals surface area contributed by atoms with E-state index in [1.807, 2.05) is 20.8 Å². The maximum atomic E-state index is 13.4. The van der Waals surface area contributed by atoms with Gasteiger partial charge in [-0.05, 0) is 42.5 Å². The molecular formula is C17H25FN2O3. The predicted octanol–water partition coefficient (Wildman–Crippen LogP) is 2.03. The molecule has 0 aliphatic carbocycles. The number of benzene rings is 1. The van der Waals surface area contributed by atoms with Gasteiger partial charge in [-0.2, -0.15) is 0 Å². The van der Waals surface area contributed by atoms with Gasteiger partial charge < -0.3 is 15.8 Å². The summed E-state index contributed by atoms with van der Waals surface area (Å²) in [4.78, 5) is 23.7. The molecule has 0 spiro atoms. The number of esters is 1. The Morgan fingerprint density at radius 1 is 1.30 bits per heavy atom. The van der Waals surface area contributed by atoms with Crippen molar-refractivity contribution < 1.29 is 18.7 Å². The van der Waals surface area contributed by atoms with Gasteiger partial charge in [0.15, 0.2) is 0 Å². The molecule has 3 N–H and O–H groups in total. The van der Waals surface area contributed by atoms with Gasteiger partial charge in [-0.1, -0.05) is 20.8 Å². The second kappa shape index (κ2) is 9.25. The zero-order valence-corrected chi connectivity index (χ0v) is 13.9. The first kappa shape index (κ1) is 19.1. The number of halogens is 1. The van der Waals surface area contributed by atoms with Crippen LogP contribution in [0.3, 0.4) is 0 Å². The number of hydrogen-bond acceptors (Lipinski definition) is 4. The van der Waals surface area contributed by atoms with Gasteiger partial charge in [-0.15, -0.1) is 0 Å². The van der Waals surface area contributed by atoms with Gasteiger partial charge in [-0.25, -0.2) is 4.39 Å². The largest absolute Gasteiger partial charge is 0.464 e. The lowest BCUT2D eigenvalue weighted by molar-refractivity contribution is -0.145. The Kier molecular flexibility index (Phi) is 7.68. The van der Waals surface area contributed by atoms with Gasteiger partial charge in [0.25, 0.3) is 5.91 Å². The molecule has 0 bridgehead atoms. The van der Waals surface area contributed by atoms with E-state index in [0.29, 0.717) is 18.9 Å². The topological polar surface area (TPSA) is 81.4 Å². The van der Waals surface area contributed by atoms with Crippen molar-refractivity contribution in [2.45, 2.75) is 39.7 Å². The number of hydrogen-bond donors (Lipinski definition) is 2. The minimum atomic E-state index is -0.940. The summed E-state index contributed by atoms with van der Waals surface area (Å²) in [5.41, 5.74) is 6.62. The first-order chi connectivity index (χ1) is 10.8. The summed E-state index contributed by atoms with van der Waals surface area (Å²) in [7, 11) is 0. The molecule has 0 aliphatic rings. The first-order valence-corrected chi connectivity index (χ1v) is 7.83. The minimum absolute atomic E-state index is 0.0582.